The molecule has 4 aromatic rings. The number of halogens is 1. The highest BCUT2D eigenvalue weighted by Gasteiger charge is 2.02. The van der Waals surface area contributed by atoms with Crippen molar-refractivity contribution in [1.29, 1.82) is 0 Å². The third-order valence-electron chi connectivity index (χ3n) is 5.45. The zero-order chi connectivity index (χ0) is 24.5. The molecule has 0 aliphatic carbocycles. The standard InChI is InChI=1S/C34H25I/c1-3-7-33-24-29(16-14-27-8-5-4-6-9-27)18-20-31(33)22-23-32-21-19-30(25-34(32)35)17-15-28-12-10-26(2)11-13-28/h4-6,8-13,18-21,24-25H,3,7H2,1-2H3. The predicted molar refractivity (Wildman–Crippen MR) is 155 cm³/mol. The minimum Gasteiger partial charge on any atom is -0.0651 e. The van der Waals surface area contributed by atoms with Crippen molar-refractivity contribution < 1.29 is 0 Å². The first kappa shape index (κ1) is 24.4. The number of rotatable bonds is 2. The van der Waals surface area contributed by atoms with Gasteiger partial charge in [-0.2, -0.15) is 0 Å². The summed E-state index contributed by atoms with van der Waals surface area (Å²) in [6, 6.07) is 30.9. The summed E-state index contributed by atoms with van der Waals surface area (Å²) in [5.41, 5.74) is 8.63. The fourth-order valence-electron chi connectivity index (χ4n) is 3.55. The van der Waals surface area contributed by atoms with Gasteiger partial charge in [-0.25, -0.2) is 0 Å². The zero-order valence-electron chi connectivity index (χ0n) is 20.0. The molecular formula is C34H25I. The Bertz CT molecular complexity index is 1510. The molecular weight excluding hydrogens is 535 g/mol. The second-order valence-electron chi connectivity index (χ2n) is 8.30. The summed E-state index contributed by atoms with van der Waals surface area (Å²) in [5.74, 6) is 19.8. The average molecular weight is 560 g/mol. The molecule has 1 heteroatoms. The molecule has 0 nitrogen and oxygen atoms in total. The molecule has 35 heavy (non-hydrogen) atoms. The van der Waals surface area contributed by atoms with Gasteiger partial charge in [-0.15, -0.1) is 0 Å². The van der Waals surface area contributed by atoms with Gasteiger partial charge in [0, 0.05) is 37.0 Å². The molecule has 0 unspecified atom stereocenters. The number of hydrogen-bond acceptors (Lipinski definition) is 0. The fraction of sp³-hybridized carbons (Fsp3) is 0.118. The van der Waals surface area contributed by atoms with E-state index in [-0.39, 0.29) is 0 Å². The van der Waals surface area contributed by atoms with E-state index in [9.17, 15) is 0 Å². The van der Waals surface area contributed by atoms with Crippen LogP contribution in [0.4, 0.5) is 0 Å². The molecule has 0 atom stereocenters. The van der Waals surface area contributed by atoms with Crippen LogP contribution < -0.4 is 0 Å². The van der Waals surface area contributed by atoms with Crippen molar-refractivity contribution in [2.75, 3.05) is 0 Å². The predicted octanol–water partition coefficient (Wildman–Crippen LogP) is 7.75. The van der Waals surface area contributed by atoms with Crippen molar-refractivity contribution in [3.63, 3.8) is 0 Å². The molecule has 0 fully saturated rings. The van der Waals surface area contributed by atoms with E-state index < -0.39 is 0 Å². The van der Waals surface area contributed by atoms with E-state index in [0.717, 1.165) is 49.8 Å². The van der Waals surface area contributed by atoms with Crippen molar-refractivity contribution in [1.82, 2.24) is 0 Å². The number of hydrogen-bond donors (Lipinski definition) is 0. The minimum atomic E-state index is 0.982. The van der Waals surface area contributed by atoms with Gasteiger partial charge in [-0.3, -0.25) is 0 Å². The van der Waals surface area contributed by atoms with Crippen molar-refractivity contribution in [2.24, 2.45) is 0 Å². The van der Waals surface area contributed by atoms with Gasteiger partial charge in [-0.1, -0.05) is 84.8 Å². The Hall–Kier alpha value is -3.71. The van der Waals surface area contributed by atoms with Gasteiger partial charge in [0.15, 0.2) is 0 Å². The molecule has 0 heterocycles. The number of aryl methyl sites for hydroxylation is 2. The second-order valence-corrected chi connectivity index (χ2v) is 9.46. The molecule has 0 saturated heterocycles. The normalized spacial score (nSPS) is 9.69. The van der Waals surface area contributed by atoms with E-state index in [1.807, 2.05) is 36.4 Å². The van der Waals surface area contributed by atoms with E-state index in [2.05, 4.69) is 127 Å². The van der Waals surface area contributed by atoms with Crippen LogP contribution in [0.5, 0.6) is 0 Å². The average Bonchev–Trinajstić information content (AvgIpc) is 2.88. The van der Waals surface area contributed by atoms with Gasteiger partial charge in [0.1, 0.15) is 0 Å². The lowest BCUT2D eigenvalue weighted by atomic mass is 10.00. The highest BCUT2D eigenvalue weighted by molar-refractivity contribution is 14.1. The lowest BCUT2D eigenvalue weighted by Gasteiger charge is -2.04. The SMILES string of the molecule is CCCc1cc(C#Cc2ccccc2)ccc1C#Cc1ccc(C#Cc2ccc(C)cc2)cc1I. The smallest absolute Gasteiger partial charge is 0.0383 e. The van der Waals surface area contributed by atoms with Crippen molar-refractivity contribution in [3.05, 3.63) is 139 Å². The quantitative estimate of drug-likeness (QED) is 0.174. The van der Waals surface area contributed by atoms with Crippen LogP contribution in [0.2, 0.25) is 0 Å². The molecule has 0 aliphatic rings. The Morgan fingerprint density at radius 2 is 1.11 bits per heavy atom. The molecule has 0 bridgehead atoms. The van der Waals surface area contributed by atoms with Gasteiger partial charge in [0.2, 0.25) is 0 Å². The maximum absolute atomic E-state index is 3.40. The Morgan fingerprint density at radius 1 is 0.571 bits per heavy atom. The van der Waals surface area contributed by atoms with Gasteiger partial charge in [-0.05, 0) is 102 Å². The van der Waals surface area contributed by atoms with Crippen LogP contribution in [0.25, 0.3) is 0 Å². The van der Waals surface area contributed by atoms with Crippen molar-refractivity contribution in [3.8, 4) is 35.5 Å². The lowest BCUT2D eigenvalue weighted by Crippen LogP contribution is -1.92. The van der Waals surface area contributed by atoms with Crippen LogP contribution >= 0.6 is 22.6 Å². The molecule has 0 N–H and O–H groups in total. The molecule has 0 saturated carbocycles. The summed E-state index contributed by atoms with van der Waals surface area (Å²) in [7, 11) is 0. The summed E-state index contributed by atoms with van der Waals surface area (Å²) in [4.78, 5) is 0. The van der Waals surface area contributed by atoms with E-state index in [0.29, 0.717) is 0 Å². The molecule has 0 aromatic heterocycles. The maximum Gasteiger partial charge on any atom is 0.0383 e. The molecule has 4 aromatic carbocycles. The molecule has 0 aliphatic heterocycles. The van der Waals surface area contributed by atoms with Crippen LogP contribution in [-0.4, -0.2) is 0 Å². The van der Waals surface area contributed by atoms with Crippen LogP contribution in [0.15, 0.2) is 91.0 Å². The monoisotopic (exact) mass is 560 g/mol. The van der Waals surface area contributed by atoms with Gasteiger partial charge in [0.25, 0.3) is 0 Å². The van der Waals surface area contributed by atoms with E-state index in [1.54, 1.807) is 0 Å². The first-order chi connectivity index (χ1) is 17.1. The Kier molecular flexibility index (Phi) is 8.46. The van der Waals surface area contributed by atoms with Crippen molar-refractivity contribution in [2.45, 2.75) is 26.7 Å². The van der Waals surface area contributed by atoms with Crippen molar-refractivity contribution >= 4 is 22.6 Å². The minimum absolute atomic E-state index is 0.982. The summed E-state index contributed by atoms with van der Waals surface area (Å²) < 4.78 is 1.10. The van der Waals surface area contributed by atoms with Crippen LogP contribution in [-0.2, 0) is 6.42 Å². The first-order valence-electron chi connectivity index (χ1n) is 11.7. The molecule has 0 amide bonds. The summed E-state index contributed by atoms with van der Waals surface area (Å²) in [5, 5.41) is 0. The van der Waals surface area contributed by atoms with Gasteiger partial charge >= 0.3 is 0 Å². The Morgan fingerprint density at radius 3 is 1.77 bits per heavy atom. The first-order valence-corrected chi connectivity index (χ1v) is 12.8. The molecule has 4 rings (SSSR count). The highest BCUT2D eigenvalue weighted by atomic mass is 127. The largest absolute Gasteiger partial charge is 0.0651 e. The van der Waals surface area contributed by atoms with Gasteiger partial charge < -0.3 is 0 Å². The Balaban J connectivity index is 1.55. The van der Waals surface area contributed by atoms with Crippen LogP contribution in [0, 0.1) is 46.0 Å². The van der Waals surface area contributed by atoms with E-state index >= 15 is 0 Å². The molecule has 168 valence electrons. The van der Waals surface area contributed by atoms with E-state index in [4.69, 9.17) is 0 Å². The summed E-state index contributed by atoms with van der Waals surface area (Å²) in [6.07, 6.45) is 2.05. The van der Waals surface area contributed by atoms with E-state index in [1.165, 1.54) is 11.1 Å². The number of benzene rings is 4. The highest BCUT2D eigenvalue weighted by Crippen LogP contribution is 2.16. The van der Waals surface area contributed by atoms with Gasteiger partial charge in [0.05, 0.1) is 0 Å². The van der Waals surface area contributed by atoms with Crippen LogP contribution in [0.3, 0.4) is 0 Å². The summed E-state index contributed by atoms with van der Waals surface area (Å²) in [6.45, 7) is 4.28. The Labute approximate surface area is 223 Å². The summed E-state index contributed by atoms with van der Waals surface area (Å²) >= 11 is 2.35. The maximum atomic E-state index is 3.40. The zero-order valence-corrected chi connectivity index (χ0v) is 22.1. The molecule has 0 spiro atoms. The van der Waals surface area contributed by atoms with Crippen LogP contribution in [0.1, 0.15) is 57.9 Å². The third kappa shape index (κ3) is 7.13. The molecule has 0 radical (unpaired) electrons. The third-order valence-corrected chi connectivity index (χ3v) is 6.35. The topological polar surface area (TPSA) is 0 Å². The lowest BCUT2D eigenvalue weighted by molar-refractivity contribution is 0.918. The second kappa shape index (κ2) is 12.1. The fourth-order valence-corrected chi connectivity index (χ4v) is 4.20.